The number of benzene rings is 5. The van der Waals surface area contributed by atoms with Crippen molar-refractivity contribution >= 4 is 50.5 Å². The first-order valence-electron chi connectivity index (χ1n) is 18.3. The molecule has 0 aliphatic carbocycles. The molecule has 0 atom stereocenters. The van der Waals surface area contributed by atoms with Crippen molar-refractivity contribution in [1.29, 1.82) is 0 Å². The summed E-state index contributed by atoms with van der Waals surface area (Å²) in [5.41, 5.74) is 8.14. The quantitative estimate of drug-likeness (QED) is 0.101. The van der Waals surface area contributed by atoms with E-state index in [0.717, 1.165) is 45.2 Å². The molecule has 51 heavy (non-hydrogen) atoms. The maximum atomic E-state index is 6.71. The Morgan fingerprint density at radius 3 is 2.31 bits per heavy atom. The number of para-hydroxylation sites is 4. The standard InChI is InChI=1S/C45H40GeN4O/c1-45(2)24-27-46(25-10-11-26-46)38-23-28-47-44(43(38)45)50-39-18-7-6-17-36(39)37-22-21-35(30-42(37)50)51-34-16-12-15-33(29-34)49-31-48(32-13-4-3-5-14-32)40-19-8-9-20-41(40)49/h3-9,12-23,28-30H,10-11,24-27H2,1-2H3. The second-order valence-corrected chi connectivity index (χ2v) is 24.8. The maximum absolute atomic E-state index is 6.71. The Morgan fingerprint density at radius 1 is 0.706 bits per heavy atom. The monoisotopic (exact) mass is 726 g/mol. The third-order valence-electron chi connectivity index (χ3n) is 11.7. The van der Waals surface area contributed by atoms with Crippen LogP contribution in [0.15, 0.2) is 134 Å². The van der Waals surface area contributed by atoms with E-state index in [9.17, 15) is 0 Å². The summed E-state index contributed by atoms with van der Waals surface area (Å²) in [6, 6.07) is 44.9. The summed E-state index contributed by atoms with van der Waals surface area (Å²) in [6.07, 6.45) is 9.78. The molecule has 0 unspecified atom stereocenters. The summed E-state index contributed by atoms with van der Waals surface area (Å²) in [4.78, 5) is 5.24. The molecule has 6 heteroatoms. The van der Waals surface area contributed by atoms with Crippen LogP contribution in [0.3, 0.4) is 0 Å². The molecule has 2 aliphatic heterocycles. The third-order valence-corrected chi connectivity index (χ3v) is 23.0. The number of hydrogen-bond acceptors (Lipinski definition) is 2. The van der Waals surface area contributed by atoms with Crippen molar-refractivity contribution in [1.82, 2.24) is 14.1 Å². The summed E-state index contributed by atoms with van der Waals surface area (Å²) in [5.74, 6) is 2.69. The molecule has 5 nitrogen and oxygen atoms in total. The van der Waals surface area contributed by atoms with Gasteiger partial charge in [-0.2, -0.15) is 0 Å². The molecule has 5 heterocycles. The topological polar surface area (TPSA) is 35.9 Å². The Labute approximate surface area is 301 Å². The van der Waals surface area contributed by atoms with Crippen molar-refractivity contribution in [3.05, 3.63) is 145 Å². The SMILES string of the molecule is CC1(C)C[CH2][Ge]2([CH2]CC[CH2]2)[c]2ccnc(-n3c4ccccc4c4ccc(Oc5cccc(-n6[c-][n+](-c7ccccc7)c7ccccc76)c5)cc43)c21. The van der Waals surface area contributed by atoms with Crippen LogP contribution < -0.4 is 13.7 Å². The van der Waals surface area contributed by atoms with Crippen LogP contribution in [0.1, 0.15) is 38.7 Å². The molecule has 10 rings (SSSR count). The molecule has 250 valence electrons. The molecule has 0 radical (unpaired) electrons. The predicted molar refractivity (Wildman–Crippen MR) is 209 cm³/mol. The Kier molecular flexibility index (Phi) is 7.04. The molecule has 5 aromatic carbocycles. The fourth-order valence-electron chi connectivity index (χ4n) is 9.20. The second-order valence-electron chi connectivity index (χ2n) is 15.2. The van der Waals surface area contributed by atoms with Gasteiger partial charge in [-0.05, 0) is 12.1 Å². The summed E-state index contributed by atoms with van der Waals surface area (Å²) >= 11 is -2.15. The van der Waals surface area contributed by atoms with E-state index in [2.05, 4.69) is 155 Å². The molecule has 0 bridgehead atoms. The summed E-state index contributed by atoms with van der Waals surface area (Å²) < 4.78 is 15.1. The van der Waals surface area contributed by atoms with Crippen LogP contribution in [0.25, 0.3) is 50.0 Å². The Balaban J connectivity index is 1.09. The van der Waals surface area contributed by atoms with E-state index in [1.807, 2.05) is 12.1 Å². The van der Waals surface area contributed by atoms with Gasteiger partial charge >= 0.3 is 220 Å². The number of nitrogens with zero attached hydrogens (tertiary/aromatic N) is 4. The van der Waals surface area contributed by atoms with Crippen LogP contribution in [0.5, 0.6) is 11.5 Å². The van der Waals surface area contributed by atoms with Crippen LogP contribution >= 0.6 is 0 Å². The van der Waals surface area contributed by atoms with E-state index in [4.69, 9.17) is 9.72 Å². The Hall–Kier alpha value is -5.14. The van der Waals surface area contributed by atoms with Gasteiger partial charge in [0.1, 0.15) is 0 Å². The number of ether oxygens (including phenoxy) is 1. The second kappa shape index (κ2) is 11.7. The number of fused-ring (bicyclic) bond motifs is 6. The van der Waals surface area contributed by atoms with Crippen LogP contribution in [0, 0.1) is 6.33 Å². The van der Waals surface area contributed by atoms with Gasteiger partial charge in [-0.25, -0.2) is 0 Å². The van der Waals surface area contributed by atoms with E-state index < -0.39 is 13.3 Å². The summed E-state index contributed by atoms with van der Waals surface area (Å²) in [7, 11) is 0. The van der Waals surface area contributed by atoms with Gasteiger partial charge in [0, 0.05) is 0 Å². The van der Waals surface area contributed by atoms with Crippen LogP contribution in [-0.4, -0.2) is 27.4 Å². The Bertz CT molecular complexity index is 2610. The number of aromatic nitrogens is 4. The van der Waals surface area contributed by atoms with E-state index in [1.165, 1.54) is 56.9 Å². The zero-order valence-electron chi connectivity index (χ0n) is 29.1. The van der Waals surface area contributed by atoms with Gasteiger partial charge in [-0.15, -0.1) is 0 Å². The zero-order valence-corrected chi connectivity index (χ0v) is 31.2. The van der Waals surface area contributed by atoms with Crippen molar-refractivity contribution < 1.29 is 9.30 Å². The molecular formula is C45H40GeN4O. The van der Waals surface area contributed by atoms with E-state index in [1.54, 1.807) is 4.40 Å². The molecular weight excluding hydrogens is 685 g/mol. The Morgan fingerprint density at radius 2 is 1.45 bits per heavy atom. The number of rotatable bonds is 5. The van der Waals surface area contributed by atoms with Crippen LogP contribution in [0.2, 0.25) is 15.8 Å². The first-order valence-corrected chi connectivity index (χ1v) is 23.8. The fourth-order valence-corrected chi connectivity index (χ4v) is 21.6. The van der Waals surface area contributed by atoms with Crippen molar-refractivity contribution in [2.24, 2.45) is 0 Å². The fraction of sp³-hybridized carbons (Fsp3) is 0.200. The summed E-state index contributed by atoms with van der Waals surface area (Å²) in [6.45, 7) is 4.90. The summed E-state index contributed by atoms with van der Waals surface area (Å²) in [5, 5.41) is 6.86. The van der Waals surface area contributed by atoms with Gasteiger partial charge in [0.25, 0.3) is 6.33 Å². The van der Waals surface area contributed by atoms with Gasteiger partial charge in [-0.1, -0.05) is 42.5 Å². The van der Waals surface area contributed by atoms with Crippen molar-refractivity contribution in [2.45, 2.75) is 54.3 Å². The number of pyridine rings is 1. The molecule has 1 saturated heterocycles. The van der Waals surface area contributed by atoms with E-state index in [-0.39, 0.29) is 5.41 Å². The van der Waals surface area contributed by atoms with Crippen molar-refractivity contribution in [2.75, 3.05) is 0 Å². The predicted octanol–water partition coefficient (Wildman–Crippen LogP) is 10.1. The molecule has 8 aromatic rings. The minimum atomic E-state index is -2.15. The molecule has 0 saturated carbocycles. The first-order chi connectivity index (χ1) is 25.0. The van der Waals surface area contributed by atoms with Crippen molar-refractivity contribution in [3.8, 4) is 28.7 Å². The average molecular weight is 725 g/mol. The van der Waals surface area contributed by atoms with Crippen molar-refractivity contribution in [3.63, 3.8) is 0 Å². The first kappa shape index (κ1) is 30.7. The van der Waals surface area contributed by atoms with Gasteiger partial charge in [-0.3, -0.25) is 4.57 Å². The van der Waals surface area contributed by atoms with Gasteiger partial charge < -0.3 is 0 Å². The van der Waals surface area contributed by atoms with Gasteiger partial charge in [0.2, 0.25) is 0 Å². The number of hydrogen-bond donors (Lipinski definition) is 0. The zero-order chi connectivity index (χ0) is 34.2. The van der Waals surface area contributed by atoms with Gasteiger partial charge in [0.15, 0.2) is 0 Å². The molecule has 0 N–H and O–H groups in total. The van der Waals surface area contributed by atoms with E-state index >= 15 is 0 Å². The number of imidazole rings is 1. The molecule has 2 aliphatic rings. The van der Waals surface area contributed by atoms with Crippen LogP contribution in [0.4, 0.5) is 0 Å². The molecule has 1 fully saturated rings. The van der Waals surface area contributed by atoms with E-state index in [0.29, 0.717) is 0 Å². The molecule has 0 amide bonds. The average Bonchev–Trinajstić information content (AvgIpc) is 3.89. The molecule has 1 spiro atoms. The normalized spacial score (nSPS) is 16.3. The van der Waals surface area contributed by atoms with Gasteiger partial charge in [0.05, 0.1) is 16.7 Å². The van der Waals surface area contributed by atoms with Crippen LogP contribution in [-0.2, 0) is 5.41 Å². The minimum absolute atomic E-state index is 0.0720. The third kappa shape index (κ3) is 4.89. The molecule has 3 aromatic heterocycles.